The summed E-state index contributed by atoms with van der Waals surface area (Å²) in [6.07, 6.45) is 2.87. The Kier molecular flexibility index (Phi) is 6.36. The van der Waals surface area contributed by atoms with Crippen molar-refractivity contribution in [2.75, 3.05) is 6.61 Å². The van der Waals surface area contributed by atoms with Gasteiger partial charge in [0, 0.05) is 6.92 Å². The first kappa shape index (κ1) is 18.0. The number of carbonyl (C=O) groups is 2. The number of amides is 1. The molecular formula is C16H15IN2O5. The van der Waals surface area contributed by atoms with Gasteiger partial charge in [-0.2, -0.15) is 5.10 Å². The standard InChI is InChI=1S/C16H15IN2O5/c1-3-22-14-8-11(7-12(17)15(14)24-10(2)20)9-18-19-16(21)13-5-4-6-23-13/h4-9H,3H2,1-2H3,(H,19,21)/b18-9-. The molecule has 0 fully saturated rings. The van der Waals surface area contributed by atoms with Gasteiger partial charge in [0.05, 0.1) is 22.7 Å². The lowest BCUT2D eigenvalue weighted by atomic mass is 10.2. The molecule has 0 unspecified atom stereocenters. The minimum Gasteiger partial charge on any atom is -0.490 e. The summed E-state index contributed by atoms with van der Waals surface area (Å²) in [6, 6.07) is 6.58. The summed E-state index contributed by atoms with van der Waals surface area (Å²) in [4.78, 5) is 22.9. The van der Waals surface area contributed by atoms with Gasteiger partial charge in [-0.15, -0.1) is 0 Å². The van der Waals surface area contributed by atoms with Gasteiger partial charge in [-0.05, 0) is 59.3 Å². The van der Waals surface area contributed by atoms with Crippen LogP contribution in [0.2, 0.25) is 0 Å². The zero-order chi connectivity index (χ0) is 17.5. The molecule has 0 aliphatic rings. The van der Waals surface area contributed by atoms with E-state index in [2.05, 4.69) is 10.5 Å². The lowest BCUT2D eigenvalue weighted by molar-refractivity contribution is -0.132. The van der Waals surface area contributed by atoms with E-state index in [9.17, 15) is 9.59 Å². The SMILES string of the molecule is CCOc1cc(/C=N\NC(=O)c2ccco2)cc(I)c1OC(C)=O. The van der Waals surface area contributed by atoms with E-state index < -0.39 is 11.9 Å². The summed E-state index contributed by atoms with van der Waals surface area (Å²) in [5.41, 5.74) is 3.04. The predicted octanol–water partition coefficient (Wildman–Crippen LogP) is 2.97. The van der Waals surface area contributed by atoms with Crippen molar-refractivity contribution < 1.29 is 23.5 Å². The zero-order valence-electron chi connectivity index (χ0n) is 13.0. The Bertz CT molecular complexity index is 756. The summed E-state index contributed by atoms with van der Waals surface area (Å²) in [5, 5.41) is 3.88. The predicted molar refractivity (Wildman–Crippen MR) is 95.4 cm³/mol. The average molecular weight is 442 g/mol. The van der Waals surface area contributed by atoms with E-state index in [0.29, 0.717) is 27.2 Å². The second-order valence-corrected chi connectivity index (χ2v) is 5.70. The number of nitrogens with one attached hydrogen (secondary N) is 1. The van der Waals surface area contributed by atoms with Gasteiger partial charge in [0.25, 0.3) is 0 Å². The molecular weight excluding hydrogens is 427 g/mol. The summed E-state index contributed by atoms with van der Waals surface area (Å²) < 4.78 is 16.3. The van der Waals surface area contributed by atoms with Crippen molar-refractivity contribution in [3.05, 3.63) is 45.4 Å². The zero-order valence-corrected chi connectivity index (χ0v) is 15.2. The molecule has 0 spiro atoms. The van der Waals surface area contributed by atoms with E-state index in [0.717, 1.165) is 0 Å². The highest BCUT2D eigenvalue weighted by atomic mass is 127. The number of carbonyl (C=O) groups excluding carboxylic acids is 2. The number of hydrazone groups is 1. The second kappa shape index (κ2) is 8.48. The maximum atomic E-state index is 11.7. The third kappa shape index (κ3) is 4.82. The fraction of sp³-hybridized carbons (Fsp3) is 0.188. The highest BCUT2D eigenvalue weighted by Gasteiger charge is 2.14. The molecule has 0 saturated carbocycles. The van der Waals surface area contributed by atoms with Crippen molar-refractivity contribution in [3.8, 4) is 11.5 Å². The number of furan rings is 1. The minimum absolute atomic E-state index is 0.168. The van der Waals surface area contributed by atoms with Crippen LogP contribution in [-0.4, -0.2) is 24.7 Å². The molecule has 1 amide bonds. The average Bonchev–Trinajstić information content (AvgIpc) is 3.05. The van der Waals surface area contributed by atoms with Gasteiger partial charge in [-0.3, -0.25) is 9.59 Å². The maximum absolute atomic E-state index is 11.7. The molecule has 2 rings (SSSR count). The van der Waals surface area contributed by atoms with Crippen LogP contribution >= 0.6 is 22.6 Å². The molecule has 126 valence electrons. The van der Waals surface area contributed by atoms with Crippen molar-refractivity contribution in [2.45, 2.75) is 13.8 Å². The molecule has 24 heavy (non-hydrogen) atoms. The van der Waals surface area contributed by atoms with Gasteiger partial charge in [-0.1, -0.05) is 0 Å². The van der Waals surface area contributed by atoms with Gasteiger partial charge >= 0.3 is 11.9 Å². The molecule has 1 heterocycles. The Hall–Kier alpha value is -2.36. The molecule has 0 atom stereocenters. The third-order valence-electron chi connectivity index (χ3n) is 2.70. The van der Waals surface area contributed by atoms with Gasteiger partial charge < -0.3 is 13.9 Å². The number of benzene rings is 1. The number of nitrogens with zero attached hydrogens (tertiary/aromatic N) is 1. The van der Waals surface area contributed by atoms with E-state index in [1.807, 2.05) is 29.5 Å². The van der Waals surface area contributed by atoms with Gasteiger partial charge in [0.2, 0.25) is 0 Å². The number of esters is 1. The quantitative estimate of drug-likeness (QED) is 0.244. The highest BCUT2D eigenvalue weighted by Crippen LogP contribution is 2.34. The number of rotatable bonds is 6. The Morgan fingerprint density at radius 3 is 2.83 bits per heavy atom. The number of hydrogen-bond acceptors (Lipinski definition) is 6. The van der Waals surface area contributed by atoms with Crippen LogP contribution in [0, 0.1) is 3.57 Å². The fourth-order valence-electron chi connectivity index (χ4n) is 1.80. The first-order chi connectivity index (χ1) is 11.5. The molecule has 0 aliphatic carbocycles. The normalized spacial score (nSPS) is 10.6. The highest BCUT2D eigenvalue weighted by molar-refractivity contribution is 14.1. The van der Waals surface area contributed by atoms with Crippen molar-refractivity contribution >= 4 is 40.7 Å². The van der Waals surface area contributed by atoms with Crippen LogP contribution in [0.15, 0.2) is 40.0 Å². The Morgan fingerprint density at radius 2 is 2.21 bits per heavy atom. The van der Waals surface area contributed by atoms with Crippen LogP contribution in [0.5, 0.6) is 11.5 Å². The number of ether oxygens (including phenoxy) is 2. The first-order valence-electron chi connectivity index (χ1n) is 7.03. The molecule has 8 heteroatoms. The second-order valence-electron chi connectivity index (χ2n) is 4.53. The van der Waals surface area contributed by atoms with Gasteiger partial charge in [0.15, 0.2) is 17.3 Å². The molecule has 0 bridgehead atoms. The molecule has 1 N–H and O–H groups in total. The minimum atomic E-state index is -0.451. The van der Waals surface area contributed by atoms with Crippen LogP contribution in [0.1, 0.15) is 30.0 Å². The smallest absolute Gasteiger partial charge is 0.308 e. The van der Waals surface area contributed by atoms with E-state index in [-0.39, 0.29) is 5.76 Å². The molecule has 0 radical (unpaired) electrons. The van der Waals surface area contributed by atoms with Crippen LogP contribution in [0.4, 0.5) is 0 Å². The molecule has 1 aromatic heterocycles. The lowest BCUT2D eigenvalue weighted by Gasteiger charge is -2.12. The van der Waals surface area contributed by atoms with E-state index in [4.69, 9.17) is 13.9 Å². The topological polar surface area (TPSA) is 90.1 Å². The lowest BCUT2D eigenvalue weighted by Crippen LogP contribution is -2.16. The Labute approximate surface area is 152 Å². The van der Waals surface area contributed by atoms with Crippen molar-refractivity contribution in [1.29, 1.82) is 0 Å². The third-order valence-corrected chi connectivity index (χ3v) is 3.50. The first-order valence-corrected chi connectivity index (χ1v) is 8.10. The summed E-state index contributed by atoms with van der Waals surface area (Å²) in [5.74, 6) is 0.0792. The fourth-order valence-corrected chi connectivity index (χ4v) is 2.53. The van der Waals surface area contributed by atoms with Gasteiger partial charge in [0.1, 0.15) is 0 Å². The monoisotopic (exact) mass is 442 g/mol. The summed E-state index contributed by atoms with van der Waals surface area (Å²) in [6.45, 7) is 3.57. The summed E-state index contributed by atoms with van der Waals surface area (Å²) >= 11 is 2.04. The Balaban J connectivity index is 2.16. The van der Waals surface area contributed by atoms with Gasteiger partial charge in [-0.25, -0.2) is 5.43 Å². The largest absolute Gasteiger partial charge is 0.490 e. The van der Waals surface area contributed by atoms with E-state index in [1.54, 1.807) is 18.2 Å². The molecule has 0 saturated heterocycles. The molecule has 7 nitrogen and oxygen atoms in total. The number of halogens is 1. The summed E-state index contributed by atoms with van der Waals surface area (Å²) in [7, 11) is 0. The van der Waals surface area contributed by atoms with Crippen LogP contribution in [0.3, 0.4) is 0 Å². The van der Waals surface area contributed by atoms with E-state index in [1.165, 1.54) is 25.5 Å². The Morgan fingerprint density at radius 1 is 1.42 bits per heavy atom. The maximum Gasteiger partial charge on any atom is 0.308 e. The van der Waals surface area contributed by atoms with Crippen LogP contribution < -0.4 is 14.9 Å². The van der Waals surface area contributed by atoms with Crippen LogP contribution in [-0.2, 0) is 4.79 Å². The molecule has 0 aliphatic heterocycles. The molecule has 2 aromatic rings. The van der Waals surface area contributed by atoms with Crippen molar-refractivity contribution in [1.82, 2.24) is 5.43 Å². The van der Waals surface area contributed by atoms with Crippen LogP contribution in [0.25, 0.3) is 0 Å². The van der Waals surface area contributed by atoms with Crippen molar-refractivity contribution in [2.24, 2.45) is 5.10 Å². The molecule has 1 aromatic carbocycles. The van der Waals surface area contributed by atoms with E-state index >= 15 is 0 Å². The number of hydrogen-bond donors (Lipinski definition) is 1. The van der Waals surface area contributed by atoms with Crippen molar-refractivity contribution in [3.63, 3.8) is 0 Å².